The van der Waals surface area contributed by atoms with Gasteiger partial charge >= 0.3 is 5.97 Å². The molecule has 0 unspecified atom stereocenters. The maximum absolute atomic E-state index is 11.7. The van der Waals surface area contributed by atoms with Gasteiger partial charge in [0.25, 0.3) is 0 Å². The summed E-state index contributed by atoms with van der Waals surface area (Å²) in [5.74, 6) is -0.353. The van der Waals surface area contributed by atoms with Crippen molar-refractivity contribution in [1.82, 2.24) is 0 Å². The van der Waals surface area contributed by atoms with Crippen molar-refractivity contribution in [1.29, 1.82) is 0 Å². The number of hydrogen-bond donors (Lipinski definition) is 2. The molecule has 1 amide bonds. The summed E-state index contributed by atoms with van der Waals surface area (Å²) in [4.78, 5) is 22.8. The number of ether oxygens (including phenoxy) is 1. The van der Waals surface area contributed by atoms with E-state index in [1.165, 1.54) is 17.8 Å². The number of carboxylic acids is 1. The summed E-state index contributed by atoms with van der Waals surface area (Å²) >= 11 is 4.66. The van der Waals surface area contributed by atoms with Crippen LogP contribution in [0, 0.1) is 0 Å². The average Bonchev–Trinajstić information content (AvgIpc) is 2.37. The molecule has 1 aromatic rings. The summed E-state index contributed by atoms with van der Waals surface area (Å²) < 4.78 is 5.42. The Labute approximate surface area is 123 Å². The summed E-state index contributed by atoms with van der Waals surface area (Å²) in [6, 6.07) is 4.73. The first-order valence-electron chi connectivity index (χ1n) is 5.44. The van der Waals surface area contributed by atoms with Gasteiger partial charge in [0.15, 0.2) is 0 Å². The second-order valence-corrected chi connectivity index (χ2v) is 5.52. The molecule has 0 saturated heterocycles. The number of amides is 1. The van der Waals surface area contributed by atoms with Crippen LogP contribution in [-0.2, 0) is 9.53 Å². The van der Waals surface area contributed by atoms with Gasteiger partial charge in [0, 0.05) is 17.3 Å². The lowest BCUT2D eigenvalue weighted by molar-refractivity contribution is -0.113. The molecule has 0 heterocycles. The lowest BCUT2D eigenvalue weighted by Gasteiger charge is -2.10. The zero-order chi connectivity index (χ0) is 14.3. The van der Waals surface area contributed by atoms with Gasteiger partial charge in [-0.05, 0) is 28.1 Å². The smallest absolute Gasteiger partial charge is 0.337 e. The molecule has 0 bridgehead atoms. The Kier molecular flexibility index (Phi) is 6.90. The molecular weight excluding hydrogens is 334 g/mol. The van der Waals surface area contributed by atoms with Crippen molar-refractivity contribution in [3.63, 3.8) is 0 Å². The zero-order valence-electron chi connectivity index (χ0n) is 10.3. The fourth-order valence-electron chi connectivity index (χ4n) is 1.31. The van der Waals surface area contributed by atoms with Crippen molar-refractivity contribution in [3.8, 4) is 0 Å². The number of thioether (sulfide) groups is 1. The predicted octanol–water partition coefficient (Wildman–Crippen LogP) is 2.47. The molecule has 0 saturated carbocycles. The molecule has 0 aliphatic heterocycles. The summed E-state index contributed by atoms with van der Waals surface area (Å²) in [5.41, 5.74) is 0.344. The number of carboxylic acid groups (broad SMARTS) is 1. The molecule has 19 heavy (non-hydrogen) atoms. The summed E-state index contributed by atoms with van der Waals surface area (Å²) in [5, 5.41) is 11.7. The molecule has 0 atom stereocenters. The molecule has 0 radical (unpaired) electrons. The van der Waals surface area contributed by atoms with Crippen LogP contribution in [-0.4, -0.2) is 42.2 Å². The van der Waals surface area contributed by atoms with E-state index in [1.54, 1.807) is 19.2 Å². The summed E-state index contributed by atoms with van der Waals surface area (Å²) in [6.45, 7) is 0.577. The van der Waals surface area contributed by atoms with Gasteiger partial charge in [-0.1, -0.05) is 6.07 Å². The highest BCUT2D eigenvalue weighted by molar-refractivity contribution is 9.10. The van der Waals surface area contributed by atoms with Crippen LogP contribution in [0.3, 0.4) is 0 Å². The van der Waals surface area contributed by atoms with E-state index in [1.807, 2.05) is 0 Å². The number of carbonyl (C=O) groups excluding carboxylic acids is 1. The van der Waals surface area contributed by atoms with Gasteiger partial charge in [0.2, 0.25) is 5.91 Å². The van der Waals surface area contributed by atoms with E-state index in [0.29, 0.717) is 16.8 Å². The van der Waals surface area contributed by atoms with Gasteiger partial charge in [0.1, 0.15) is 0 Å². The van der Waals surface area contributed by atoms with Gasteiger partial charge in [0.05, 0.1) is 23.6 Å². The van der Waals surface area contributed by atoms with Crippen LogP contribution in [0.4, 0.5) is 5.69 Å². The van der Waals surface area contributed by atoms with Crippen molar-refractivity contribution in [3.05, 3.63) is 28.2 Å². The summed E-state index contributed by atoms with van der Waals surface area (Å²) in [7, 11) is 1.60. The van der Waals surface area contributed by atoms with E-state index in [4.69, 9.17) is 9.84 Å². The first-order valence-corrected chi connectivity index (χ1v) is 7.39. The van der Waals surface area contributed by atoms with Crippen LogP contribution >= 0.6 is 27.7 Å². The number of nitrogens with one attached hydrogen (secondary N) is 1. The Morgan fingerprint density at radius 3 is 2.84 bits per heavy atom. The number of benzene rings is 1. The molecule has 1 aromatic carbocycles. The molecule has 0 spiro atoms. The molecule has 2 N–H and O–H groups in total. The van der Waals surface area contributed by atoms with Gasteiger partial charge in [-0.2, -0.15) is 0 Å². The zero-order valence-corrected chi connectivity index (χ0v) is 12.7. The first-order chi connectivity index (χ1) is 9.06. The third-order valence-electron chi connectivity index (χ3n) is 2.17. The molecule has 7 heteroatoms. The average molecular weight is 348 g/mol. The van der Waals surface area contributed by atoms with Crippen LogP contribution in [0.2, 0.25) is 0 Å². The van der Waals surface area contributed by atoms with Crippen molar-refractivity contribution in [2.45, 2.75) is 0 Å². The standard InChI is InChI=1S/C12H14BrNO4S/c1-18-5-6-19-7-10(15)14-11-8(12(16)17)3-2-4-9(11)13/h2-4H,5-7H2,1H3,(H,14,15)(H,16,17). The van der Waals surface area contributed by atoms with Crippen molar-refractivity contribution in [2.24, 2.45) is 0 Å². The minimum absolute atomic E-state index is 0.0598. The van der Waals surface area contributed by atoms with Gasteiger partial charge in [-0.25, -0.2) is 4.79 Å². The van der Waals surface area contributed by atoms with Crippen molar-refractivity contribution < 1.29 is 19.4 Å². The van der Waals surface area contributed by atoms with Gasteiger partial charge in [-0.15, -0.1) is 11.8 Å². The number of para-hydroxylation sites is 1. The van der Waals surface area contributed by atoms with Crippen molar-refractivity contribution >= 4 is 45.3 Å². The molecule has 0 aliphatic carbocycles. The Morgan fingerprint density at radius 2 is 2.21 bits per heavy atom. The van der Waals surface area contributed by atoms with Crippen LogP contribution in [0.15, 0.2) is 22.7 Å². The number of aromatic carboxylic acids is 1. The lowest BCUT2D eigenvalue weighted by Crippen LogP contribution is -2.17. The normalized spacial score (nSPS) is 10.2. The molecule has 1 rings (SSSR count). The highest BCUT2D eigenvalue weighted by atomic mass is 79.9. The van der Waals surface area contributed by atoms with E-state index in [-0.39, 0.29) is 22.9 Å². The number of hydrogen-bond acceptors (Lipinski definition) is 4. The van der Waals surface area contributed by atoms with E-state index in [2.05, 4.69) is 21.2 Å². The topological polar surface area (TPSA) is 75.6 Å². The minimum atomic E-state index is -1.08. The highest BCUT2D eigenvalue weighted by Gasteiger charge is 2.15. The van der Waals surface area contributed by atoms with E-state index < -0.39 is 5.97 Å². The van der Waals surface area contributed by atoms with Gasteiger partial charge < -0.3 is 15.2 Å². The summed E-state index contributed by atoms with van der Waals surface area (Å²) in [6.07, 6.45) is 0. The minimum Gasteiger partial charge on any atom is -0.478 e. The monoisotopic (exact) mass is 347 g/mol. The highest BCUT2D eigenvalue weighted by Crippen LogP contribution is 2.26. The molecule has 0 aliphatic rings. The second kappa shape index (κ2) is 8.19. The van der Waals surface area contributed by atoms with Crippen LogP contribution < -0.4 is 5.32 Å². The molecule has 0 aromatic heterocycles. The molecule has 104 valence electrons. The van der Waals surface area contributed by atoms with E-state index in [0.717, 1.165) is 0 Å². The Bertz CT molecular complexity index is 467. The second-order valence-electron chi connectivity index (χ2n) is 3.56. The molecule has 5 nitrogen and oxygen atoms in total. The largest absolute Gasteiger partial charge is 0.478 e. The Hall–Kier alpha value is -1.05. The Balaban J connectivity index is 2.66. The lowest BCUT2D eigenvalue weighted by atomic mass is 10.2. The van der Waals surface area contributed by atoms with E-state index >= 15 is 0 Å². The first kappa shape index (κ1) is 16.0. The maximum Gasteiger partial charge on any atom is 0.337 e. The third kappa shape index (κ3) is 5.22. The third-order valence-corrected chi connectivity index (χ3v) is 3.76. The van der Waals surface area contributed by atoms with Crippen LogP contribution in [0.25, 0.3) is 0 Å². The van der Waals surface area contributed by atoms with Crippen LogP contribution in [0.5, 0.6) is 0 Å². The number of methoxy groups -OCH3 is 1. The number of halogens is 1. The van der Waals surface area contributed by atoms with Crippen molar-refractivity contribution in [2.75, 3.05) is 30.5 Å². The van der Waals surface area contributed by atoms with Crippen LogP contribution in [0.1, 0.15) is 10.4 Å². The van der Waals surface area contributed by atoms with E-state index in [9.17, 15) is 9.59 Å². The predicted molar refractivity (Wildman–Crippen MR) is 78.9 cm³/mol. The number of rotatable bonds is 7. The number of carbonyl (C=O) groups is 2. The van der Waals surface area contributed by atoms with Gasteiger partial charge in [-0.3, -0.25) is 4.79 Å². The Morgan fingerprint density at radius 1 is 1.47 bits per heavy atom. The molecule has 0 fully saturated rings. The maximum atomic E-state index is 11.7. The SMILES string of the molecule is COCCSCC(=O)Nc1c(Br)cccc1C(=O)O. The number of anilines is 1. The molecular formula is C12H14BrNO4S. The fourth-order valence-corrected chi connectivity index (χ4v) is 2.46. The fraction of sp³-hybridized carbons (Fsp3) is 0.333. The quantitative estimate of drug-likeness (QED) is 0.741.